The van der Waals surface area contributed by atoms with Crippen LogP contribution in [0.3, 0.4) is 0 Å². The largest absolute Gasteiger partial charge is 0.494 e. The SMILES string of the molecule is CCOc1cccc(NC(=O)C(OC(C)C)[C@H](N)CC2CCCC(c3cccc(COc4cccc(NC(=O)C(OC(C)C)[C@H](N)CC5CCCCC5)c4)c3)C2)c1. The van der Waals surface area contributed by atoms with Crippen LogP contribution in [0, 0.1) is 11.8 Å². The predicted octanol–water partition coefficient (Wildman–Crippen LogP) is 9.12. The fourth-order valence-electron chi connectivity index (χ4n) is 8.57. The molecule has 0 saturated heterocycles. The summed E-state index contributed by atoms with van der Waals surface area (Å²) in [5.74, 6) is 2.21. The summed E-state index contributed by atoms with van der Waals surface area (Å²) in [4.78, 5) is 27.0. The molecule has 3 aromatic carbocycles. The van der Waals surface area contributed by atoms with E-state index in [1.54, 1.807) is 0 Å². The topological polar surface area (TPSA) is 147 Å². The minimum atomic E-state index is -0.771. The highest BCUT2D eigenvalue weighted by molar-refractivity contribution is 5.95. The van der Waals surface area contributed by atoms with E-state index in [0.29, 0.717) is 60.3 Å². The van der Waals surface area contributed by atoms with Crippen LogP contribution in [-0.4, -0.2) is 54.9 Å². The molecule has 10 nitrogen and oxygen atoms in total. The second-order valence-corrected chi connectivity index (χ2v) is 16.7. The van der Waals surface area contributed by atoms with E-state index in [1.807, 2.05) is 83.1 Å². The maximum atomic E-state index is 13.5. The molecule has 0 heterocycles. The molecule has 312 valence electrons. The standard InChI is InChI=1S/C47H68N4O6/c1-6-54-40-22-12-20-38(28-40)50-47(53)45(57-32(4)5)43(49)27-34-16-10-18-36(24-34)37-19-11-17-35(25-37)30-55-41-23-13-21-39(29-41)51-46(52)44(56-31(2)3)42(48)26-33-14-8-7-9-15-33/h11-13,17,19-23,25,28-29,31-34,36,42-45H,6-10,14-16,18,24,26-27,30,48-49H2,1-5H3,(H,50,53)(H,51,52)/t34?,36?,42-,43-,44?,45?/m1/s1. The fraction of sp³-hybridized carbons (Fsp3) is 0.574. The number of carbonyl (C=O) groups is 2. The van der Waals surface area contributed by atoms with Crippen molar-refractivity contribution in [3.05, 3.63) is 83.9 Å². The van der Waals surface area contributed by atoms with Crippen LogP contribution in [0.1, 0.15) is 122 Å². The van der Waals surface area contributed by atoms with Gasteiger partial charge in [-0.05, 0) is 113 Å². The van der Waals surface area contributed by atoms with Gasteiger partial charge in [0.1, 0.15) is 18.1 Å². The average molecular weight is 785 g/mol. The first-order valence-corrected chi connectivity index (χ1v) is 21.5. The lowest BCUT2D eigenvalue weighted by Gasteiger charge is -2.33. The van der Waals surface area contributed by atoms with Crippen LogP contribution in [0.15, 0.2) is 72.8 Å². The Kier molecular flexibility index (Phi) is 17.2. The quantitative estimate of drug-likeness (QED) is 0.0888. The number of rotatable bonds is 20. The van der Waals surface area contributed by atoms with Gasteiger partial charge in [0.25, 0.3) is 11.8 Å². The summed E-state index contributed by atoms with van der Waals surface area (Å²) in [6, 6.07) is 22.7. The summed E-state index contributed by atoms with van der Waals surface area (Å²) in [5.41, 5.74) is 17.1. The Labute approximate surface area is 341 Å². The van der Waals surface area contributed by atoms with E-state index in [4.69, 9.17) is 30.4 Å². The summed E-state index contributed by atoms with van der Waals surface area (Å²) < 4.78 is 24.1. The minimum absolute atomic E-state index is 0.119. The molecular weight excluding hydrogens is 717 g/mol. The lowest BCUT2D eigenvalue weighted by molar-refractivity contribution is -0.132. The summed E-state index contributed by atoms with van der Waals surface area (Å²) in [7, 11) is 0. The number of hydrogen-bond acceptors (Lipinski definition) is 8. The number of amides is 2. The molecule has 0 aromatic heterocycles. The molecule has 10 heteroatoms. The Balaban J connectivity index is 1.15. The number of ether oxygens (including phenoxy) is 4. The number of nitrogens with two attached hydrogens (primary N) is 2. The molecule has 2 saturated carbocycles. The number of carbonyl (C=O) groups excluding carboxylic acids is 2. The molecule has 6 N–H and O–H groups in total. The number of anilines is 2. The van der Waals surface area contributed by atoms with E-state index in [-0.39, 0.29) is 30.1 Å². The van der Waals surface area contributed by atoms with Gasteiger partial charge in [-0.1, -0.05) is 81.3 Å². The van der Waals surface area contributed by atoms with Crippen molar-refractivity contribution >= 4 is 23.2 Å². The van der Waals surface area contributed by atoms with Crippen LogP contribution < -0.4 is 31.6 Å². The van der Waals surface area contributed by atoms with E-state index in [0.717, 1.165) is 37.7 Å². The van der Waals surface area contributed by atoms with Gasteiger partial charge >= 0.3 is 0 Å². The third-order valence-corrected chi connectivity index (χ3v) is 11.2. The zero-order valence-electron chi connectivity index (χ0n) is 34.9. The monoisotopic (exact) mass is 785 g/mol. The van der Waals surface area contributed by atoms with Crippen LogP contribution in [-0.2, 0) is 25.7 Å². The zero-order chi connectivity index (χ0) is 40.7. The van der Waals surface area contributed by atoms with Crippen LogP contribution >= 0.6 is 0 Å². The van der Waals surface area contributed by atoms with Crippen molar-refractivity contribution in [3.63, 3.8) is 0 Å². The van der Waals surface area contributed by atoms with Crippen molar-refractivity contribution in [3.8, 4) is 11.5 Å². The van der Waals surface area contributed by atoms with E-state index in [9.17, 15) is 9.59 Å². The third-order valence-electron chi connectivity index (χ3n) is 11.2. The Morgan fingerprint density at radius 3 is 1.79 bits per heavy atom. The molecule has 4 unspecified atom stereocenters. The van der Waals surface area contributed by atoms with Crippen LogP contribution in [0.4, 0.5) is 11.4 Å². The average Bonchev–Trinajstić information content (AvgIpc) is 3.19. The molecule has 2 aliphatic carbocycles. The van der Waals surface area contributed by atoms with Gasteiger partial charge in [-0.2, -0.15) is 0 Å². The Bertz CT molecular complexity index is 1690. The van der Waals surface area contributed by atoms with Crippen molar-refractivity contribution in [2.24, 2.45) is 23.3 Å². The van der Waals surface area contributed by atoms with Crippen LogP contribution in [0.5, 0.6) is 11.5 Å². The van der Waals surface area contributed by atoms with Crippen molar-refractivity contribution < 1.29 is 28.5 Å². The summed E-state index contributed by atoms with van der Waals surface area (Å²) in [5, 5.41) is 6.05. The lowest BCUT2D eigenvalue weighted by atomic mass is 9.75. The van der Waals surface area contributed by atoms with Gasteiger partial charge in [0.05, 0.1) is 18.8 Å². The number of nitrogens with one attached hydrogen (secondary N) is 2. The van der Waals surface area contributed by atoms with E-state index < -0.39 is 18.2 Å². The molecule has 0 aliphatic heterocycles. The Morgan fingerprint density at radius 1 is 0.667 bits per heavy atom. The second kappa shape index (κ2) is 22.3. The Morgan fingerprint density at radius 2 is 1.21 bits per heavy atom. The molecule has 2 amide bonds. The maximum absolute atomic E-state index is 13.5. The number of benzene rings is 3. The van der Waals surface area contributed by atoms with Gasteiger partial charge < -0.3 is 41.0 Å². The molecular formula is C47H68N4O6. The summed E-state index contributed by atoms with van der Waals surface area (Å²) in [6.45, 7) is 10.6. The normalized spacial score (nSPS) is 19.7. The highest BCUT2D eigenvalue weighted by Gasteiger charge is 2.33. The molecule has 0 spiro atoms. The summed E-state index contributed by atoms with van der Waals surface area (Å²) >= 11 is 0. The van der Waals surface area contributed by atoms with Gasteiger partial charge in [-0.3, -0.25) is 9.59 Å². The van der Waals surface area contributed by atoms with Crippen LogP contribution in [0.2, 0.25) is 0 Å². The molecule has 0 bridgehead atoms. The molecule has 2 fully saturated rings. The Hall–Kier alpha value is -3.96. The second-order valence-electron chi connectivity index (χ2n) is 16.7. The van der Waals surface area contributed by atoms with E-state index >= 15 is 0 Å². The van der Waals surface area contributed by atoms with Gasteiger partial charge in [0.2, 0.25) is 0 Å². The van der Waals surface area contributed by atoms with Gasteiger partial charge in [-0.25, -0.2) is 0 Å². The van der Waals surface area contributed by atoms with Crippen molar-refractivity contribution in [1.82, 2.24) is 0 Å². The molecule has 3 aromatic rings. The fourth-order valence-corrected chi connectivity index (χ4v) is 8.57. The van der Waals surface area contributed by atoms with Gasteiger partial charge in [-0.15, -0.1) is 0 Å². The van der Waals surface area contributed by atoms with Crippen LogP contribution in [0.25, 0.3) is 0 Å². The predicted molar refractivity (Wildman–Crippen MR) is 229 cm³/mol. The first-order chi connectivity index (χ1) is 27.5. The van der Waals surface area contributed by atoms with Gasteiger partial charge in [0, 0.05) is 35.6 Å². The highest BCUT2D eigenvalue weighted by Crippen LogP contribution is 2.39. The molecule has 57 heavy (non-hydrogen) atoms. The summed E-state index contributed by atoms with van der Waals surface area (Å²) in [6.07, 6.45) is 10.1. The smallest absolute Gasteiger partial charge is 0.255 e. The molecule has 2 aliphatic rings. The van der Waals surface area contributed by atoms with Crippen molar-refractivity contribution in [2.75, 3.05) is 17.2 Å². The van der Waals surface area contributed by atoms with E-state index in [1.165, 1.54) is 37.7 Å². The molecule has 5 rings (SSSR count). The number of hydrogen-bond donors (Lipinski definition) is 4. The zero-order valence-corrected chi connectivity index (χ0v) is 34.9. The van der Waals surface area contributed by atoms with Crippen molar-refractivity contribution in [2.45, 2.75) is 154 Å². The van der Waals surface area contributed by atoms with Gasteiger partial charge in [0.15, 0.2) is 12.2 Å². The van der Waals surface area contributed by atoms with Crippen molar-refractivity contribution in [1.29, 1.82) is 0 Å². The molecule has 6 atom stereocenters. The van der Waals surface area contributed by atoms with E-state index in [2.05, 4.69) is 34.9 Å². The first-order valence-electron chi connectivity index (χ1n) is 21.5. The highest BCUT2D eigenvalue weighted by atomic mass is 16.5. The minimum Gasteiger partial charge on any atom is -0.494 e. The third kappa shape index (κ3) is 14.1. The first kappa shape index (κ1) is 44.1. The molecule has 0 radical (unpaired) electrons. The maximum Gasteiger partial charge on any atom is 0.255 e. The lowest BCUT2D eigenvalue weighted by Crippen LogP contribution is -2.47.